The molecular formula is C48H45N3. The largest absolute Gasteiger partial charge is 0.384 e. The number of aryl methyl sites for hydroxylation is 2. The summed E-state index contributed by atoms with van der Waals surface area (Å²) in [5, 5.41) is 12.1. The van der Waals surface area contributed by atoms with Crippen LogP contribution >= 0.6 is 0 Å². The fraction of sp³-hybridized carbons (Fsp3) is 0.0625. The van der Waals surface area contributed by atoms with Crippen molar-refractivity contribution in [2.75, 3.05) is 0 Å². The number of H-pyrrole nitrogens is 1. The summed E-state index contributed by atoms with van der Waals surface area (Å²) < 4.78 is 0. The number of amidine groups is 1. The SMILES string of the molecule is C=C/C=C(\C)C(=N)N.Cc1cccc(-c2ccccc2)c1.Cc1cccc(-c2ccccc2)c1.c1ccc2c(c1)ccc1[nH]c3ccccc3c12. The van der Waals surface area contributed by atoms with E-state index < -0.39 is 0 Å². The molecule has 0 bridgehead atoms. The number of aromatic amines is 1. The summed E-state index contributed by atoms with van der Waals surface area (Å²) in [7, 11) is 0. The Hall–Kier alpha value is -6.45. The second kappa shape index (κ2) is 17.8. The zero-order valence-corrected chi connectivity index (χ0v) is 29.6. The standard InChI is InChI=1S/C16H11N.2C13H12.C6H10N2/c1-2-6-12-11(5-1)9-10-15-16(12)13-7-3-4-8-14(13)17-15;2*1-11-6-5-9-13(10-11)12-7-3-2-4-8-12;1-3-4-5(2)6(7)8/h1-10,17H;2*2-10H,1H3;3-4H,1H2,2H3,(H3,7,8)/b;;;5-4+. The van der Waals surface area contributed by atoms with Crippen LogP contribution in [0.25, 0.3) is 54.8 Å². The maximum Gasteiger partial charge on any atom is 0.118 e. The summed E-state index contributed by atoms with van der Waals surface area (Å²) in [6.45, 7) is 9.46. The number of aromatic nitrogens is 1. The van der Waals surface area contributed by atoms with Crippen LogP contribution in [-0.4, -0.2) is 10.8 Å². The van der Waals surface area contributed by atoms with Gasteiger partial charge in [0.1, 0.15) is 5.84 Å². The quantitative estimate of drug-likeness (QED) is 0.0979. The Bertz CT molecular complexity index is 2290. The first-order valence-electron chi connectivity index (χ1n) is 17.1. The molecule has 0 saturated heterocycles. The highest BCUT2D eigenvalue weighted by Crippen LogP contribution is 2.31. The summed E-state index contributed by atoms with van der Waals surface area (Å²) in [6, 6.07) is 59.4. The predicted molar refractivity (Wildman–Crippen MR) is 222 cm³/mol. The van der Waals surface area contributed by atoms with Gasteiger partial charge in [0.05, 0.1) is 0 Å². The van der Waals surface area contributed by atoms with Gasteiger partial charge in [-0.2, -0.15) is 0 Å². The fourth-order valence-corrected chi connectivity index (χ4v) is 5.80. The second-order valence-electron chi connectivity index (χ2n) is 12.3. The number of nitrogens with two attached hydrogens (primary N) is 1. The van der Waals surface area contributed by atoms with Crippen LogP contribution in [0, 0.1) is 19.3 Å². The van der Waals surface area contributed by atoms with Crippen molar-refractivity contribution in [1.29, 1.82) is 5.41 Å². The summed E-state index contributed by atoms with van der Waals surface area (Å²) in [5.41, 5.74) is 16.0. The van der Waals surface area contributed by atoms with E-state index in [0.717, 1.165) is 5.57 Å². The minimum atomic E-state index is 0.102. The number of nitrogens with one attached hydrogen (secondary N) is 2. The van der Waals surface area contributed by atoms with Crippen LogP contribution in [0.2, 0.25) is 0 Å². The third kappa shape index (κ3) is 9.81. The van der Waals surface area contributed by atoms with Gasteiger partial charge < -0.3 is 10.7 Å². The highest BCUT2D eigenvalue weighted by Gasteiger charge is 2.06. The van der Waals surface area contributed by atoms with Gasteiger partial charge in [0.2, 0.25) is 0 Å². The normalized spacial score (nSPS) is 10.6. The van der Waals surface area contributed by atoms with Crippen molar-refractivity contribution in [3.8, 4) is 22.3 Å². The lowest BCUT2D eigenvalue weighted by molar-refractivity contribution is 1.39. The second-order valence-corrected chi connectivity index (χ2v) is 12.3. The molecule has 0 aliphatic carbocycles. The number of hydrogen-bond donors (Lipinski definition) is 3. The van der Waals surface area contributed by atoms with Crippen molar-refractivity contribution in [3.05, 3.63) is 205 Å². The molecule has 0 fully saturated rings. The number of benzene rings is 7. The van der Waals surface area contributed by atoms with E-state index in [-0.39, 0.29) is 5.84 Å². The molecule has 0 amide bonds. The first-order chi connectivity index (χ1) is 24.8. The average molecular weight is 664 g/mol. The van der Waals surface area contributed by atoms with Crippen molar-refractivity contribution in [3.63, 3.8) is 0 Å². The van der Waals surface area contributed by atoms with Crippen molar-refractivity contribution in [1.82, 2.24) is 4.98 Å². The number of para-hydroxylation sites is 1. The van der Waals surface area contributed by atoms with Crippen LogP contribution in [0.1, 0.15) is 18.1 Å². The van der Waals surface area contributed by atoms with Gasteiger partial charge in [-0.15, -0.1) is 0 Å². The van der Waals surface area contributed by atoms with Crippen molar-refractivity contribution >= 4 is 38.4 Å². The minimum absolute atomic E-state index is 0.102. The summed E-state index contributed by atoms with van der Waals surface area (Å²) in [6.07, 6.45) is 3.30. The Kier molecular flexibility index (Phi) is 12.5. The molecule has 1 heterocycles. The van der Waals surface area contributed by atoms with Gasteiger partial charge in [0.15, 0.2) is 0 Å². The third-order valence-electron chi connectivity index (χ3n) is 8.44. The minimum Gasteiger partial charge on any atom is -0.384 e. The van der Waals surface area contributed by atoms with E-state index in [2.05, 4.69) is 183 Å². The number of hydrogen-bond acceptors (Lipinski definition) is 1. The molecule has 1 aromatic heterocycles. The van der Waals surface area contributed by atoms with E-state index >= 15 is 0 Å². The Labute approximate surface area is 301 Å². The summed E-state index contributed by atoms with van der Waals surface area (Å²) in [4.78, 5) is 3.47. The number of allylic oxidation sites excluding steroid dienone is 2. The van der Waals surface area contributed by atoms with Crippen molar-refractivity contribution in [2.45, 2.75) is 20.8 Å². The van der Waals surface area contributed by atoms with Gasteiger partial charge in [0, 0.05) is 21.8 Å². The molecule has 8 aromatic rings. The van der Waals surface area contributed by atoms with Gasteiger partial charge in [-0.3, -0.25) is 5.41 Å². The van der Waals surface area contributed by atoms with Crippen molar-refractivity contribution in [2.24, 2.45) is 5.73 Å². The molecule has 8 rings (SSSR count). The molecular weight excluding hydrogens is 619 g/mol. The van der Waals surface area contributed by atoms with Crippen LogP contribution in [0.15, 0.2) is 194 Å². The first kappa shape index (κ1) is 35.8. The molecule has 0 aliphatic heterocycles. The smallest absolute Gasteiger partial charge is 0.118 e. The molecule has 3 heteroatoms. The lowest BCUT2D eigenvalue weighted by atomic mass is 10.0. The van der Waals surface area contributed by atoms with Gasteiger partial charge >= 0.3 is 0 Å². The maximum absolute atomic E-state index is 6.87. The molecule has 0 atom stereocenters. The molecule has 0 unspecified atom stereocenters. The predicted octanol–water partition coefficient (Wildman–Crippen LogP) is 12.9. The Morgan fingerprint density at radius 3 is 1.55 bits per heavy atom. The zero-order chi connectivity index (χ0) is 36.0. The Morgan fingerprint density at radius 2 is 1.04 bits per heavy atom. The molecule has 3 nitrogen and oxygen atoms in total. The van der Waals surface area contributed by atoms with Crippen LogP contribution in [0.3, 0.4) is 0 Å². The van der Waals surface area contributed by atoms with E-state index in [1.807, 2.05) is 12.1 Å². The van der Waals surface area contributed by atoms with Crippen LogP contribution < -0.4 is 5.73 Å². The van der Waals surface area contributed by atoms with E-state index in [4.69, 9.17) is 11.1 Å². The molecule has 252 valence electrons. The molecule has 4 N–H and O–H groups in total. The van der Waals surface area contributed by atoms with Gasteiger partial charge in [0.25, 0.3) is 0 Å². The van der Waals surface area contributed by atoms with Gasteiger partial charge in [-0.05, 0) is 71.5 Å². The molecule has 0 aliphatic rings. The van der Waals surface area contributed by atoms with E-state index in [9.17, 15) is 0 Å². The summed E-state index contributed by atoms with van der Waals surface area (Å²) in [5.74, 6) is 0.102. The first-order valence-corrected chi connectivity index (χ1v) is 17.1. The van der Waals surface area contributed by atoms with Crippen LogP contribution in [0.5, 0.6) is 0 Å². The number of fused-ring (bicyclic) bond motifs is 5. The number of rotatable bonds is 4. The molecule has 0 spiro atoms. The topological polar surface area (TPSA) is 65.7 Å². The highest BCUT2D eigenvalue weighted by atomic mass is 14.7. The van der Waals surface area contributed by atoms with Crippen molar-refractivity contribution < 1.29 is 0 Å². The molecule has 51 heavy (non-hydrogen) atoms. The third-order valence-corrected chi connectivity index (χ3v) is 8.44. The van der Waals surface area contributed by atoms with Crippen LogP contribution in [-0.2, 0) is 0 Å². The van der Waals surface area contributed by atoms with Gasteiger partial charge in [-0.1, -0.05) is 188 Å². The highest BCUT2D eigenvalue weighted by molar-refractivity contribution is 6.20. The average Bonchev–Trinajstić information content (AvgIpc) is 3.56. The van der Waals surface area contributed by atoms with Crippen LogP contribution in [0.4, 0.5) is 0 Å². The van der Waals surface area contributed by atoms with Gasteiger partial charge in [-0.25, -0.2) is 0 Å². The summed E-state index contributed by atoms with van der Waals surface area (Å²) >= 11 is 0. The maximum atomic E-state index is 6.87. The van der Waals surface area contributed by atoms with E-state index in [1.165, 1.54) is 66.0 Å². The zero-order valence-electron chi connectivity index (χ0n) is 29.6. The molecule has 7 aromatic carbocycles. The Balaban J connectivity index is 0.000000136. The molecule has 0 radical (unpaired) electrons. The fourth-order valence-electron chi connectivity index (χ4n) is 5.80. The monoisotopic (exact) mass is 663 g/mol. The van der Waals surface area contributed by atoms with E-state index in [0.29, 0.717) is 0 Å². The lowest BCUT2D eigenvalue weighted by Gasteiger charge is -2.01. The Morgan fingerprint density at radius 1 is 0.549 bits per heavy atom. The molecule has 0 saturated carbocycles. The lowest BCUT2D eigenvalue weighted by Crippen LogP contribution is -2.09. The van der Waals surface area contributed by atoms with E-state index in [1.54, 1.807) is 19.1 Å².